The highest BCUT2D eigenvalue weighted by atomic mass is 35.5. The summed E-state index contributed by atoms with van der Waals surface area (Å²) in [6, 6.07) is 19.4. The summed E-state index contributed by atoms with van der Waals surface area (Å²) >= 11 is 7.85. The third-order valence-corrected chi connectivity index (χ3v) is 5.77. The lowest BCUT2D eigenvalue weighted by Gasteiger charge is -2.13. The number of hydrogen-bond donors (Lipinski definition) is 0. The minimum Gasteiger partial charge on any atom is -0.292 e. The van der Waals surface area contributed by atoms with E-state index in [2.05, 4.69) is 6.07 Å². The summed E-state index contributed by atoms with van der Waals surface area (Å²) in [5.74, 6) is 0.544. The molecule has 0 bridgehead atoms. The first-order chi connectivity index (χ1) is 13.7. The van der Waals surface area contributed by atoms with E-state index in [1.807, 2.05) is 53.9 Å². The van der Waals surface area contributed by atoms with Gasteiger partial charge in [-0.2, -0.15) is 5.26 Å². The number of hydrogen-bond acceptors (Lipinski definition) is 4. The molecule has 0 saturated carbocycles. The molecule has 0 aliphatic rings. The highest BCUT2D eigenvalue weighted by molar-refractivity contribution is 7.17. The molecule has 4 rings (SSSR count). The molecule has 0 aliphatic heterocycles. The average Bonchev–Trinajstić information content (AvgIpc) is 3.15. The van der Waals surface area contributed by atoms with Gasteiger partial charge in [0.05, 0.1) is 16.5 Å². The van der Waals surface area contributed by atoms with Gasteiger partial charge in [-0.1, -0.05) is 54.1 Å². The molecule has 6 heteroatoms. The molecule has 0 unspecified atom stereocenters. The normalized spacial score (nSPS) is 10.9. The number of nitriles is 1. The fourth-order valence-corrected chi connectivity index (χ4v) is 4.38. The van der Waals surface area contributed by atoms with Crippen LogP contribution >= 0.6 is 22.9 Å². The fraction of sp³-hybridized carbons (Fsp3) is 0.136. The molecule has 4 aromatic rings. The summed E-state index contributed by atoms with van der Waals surface area (Å²) in [6.07, 6.45) is 0.952. The molecule has 0 atom stereocenters. The van der Waals surface area contributed by atoms with Crippen molar-refractivity contribution in [1.82, 2.24) is 9.55 Å². The summed E-state index contributed by atoms with van der Waals surface area (Å²) in [5.41, 5.74) is 2.49. The van der Waals surface area contributed by atoms with Gasteiger partial charge in [0, 0.05) is 29.5 Å². The molecule has 0 aliphatic carbocycles. The topological polar surface area (TPSA) is 58.7 Å². The number of nitrogens with zero attached hydrogens (tertiary/aromatic N) is 3. The Balaban J connectivity index is 1.98. The summed E-state index contributed by atoms with van der Waals surface area (Å²) in [4.78, 5) is 19.0. The van der Waals surface area contributed by atoms with Crippen molar-refractivity contribution in [3.05, 3.63) is 75.4 Å². The largest absolute Gasteiger partial charge is 0.292 e. The van der Waals surface area contributed by atoms with Gasteiger partial charge in [-0.05, 0) is 24.1 Å². The van der Waals surface area contributed by atoms with E-state index in [0.29, 0.717) is 40.5 Å². The lowest BCUT2D eigenvalue weighted by molar-refractivity contribution is 0.634. The van der Waals surface area contributed by atoms with E-state index in [9.17, 15) is 4.79 Å². The van der Waals surface area contributed by atoms with Crippen molar-refractivity contribution in [2.24, 2.45) is 0 Å². The fourth-order valence-electron chi connectivity index (χ4n) is 3.23. The second kappa shape index (κ2) is 7.97. The van der Waals surface area contributed by atoms with Gasteiger partial charge < -0.3 is 0 Å². The lowest BCUT2D eigenvalue weighted by atomic mass is 10.1. The number of rotatable bonds is 5. The van der Waals surface area contributed by atoms with Crippen LogP contribution in [0.2, 0.25) is 5.02 Å². The van der Waals surface area contributed by atoms with Crippen LogP contribution < -0.4 is 5.56 Å². The van der Waals surface area contributed by atoms with Gasteiger partial charge in [0.1, 0.15) is 10.7 Å². The maximum absolute atomic E-state index is 13.5. The summed E-state index contributed by atoms with van der Waals surface area (Å²) in [6.45, 7) is 0.417. The highest BCUT2D eigenvalue weighted by Crippen LogP contribution is 2.33. The van der Waals surface area contributed by atoms with Crippen LogP contribution in [0.15, 0.2) is 64.8 Å². The number of fused-ring (bicyclic) bond motifs is 1. The SMILES string of the molecule is N#CCCCn1c(-c2ccccc2Cl)nc2scc(-c3ccccc3)c2c1=O. The van der Waals surface area contributed by atoms with Gasteiger partial charge in [-0.15, -0.1) is 11.3 Å². The van der Waals surface area contributed by atoms with Crippen molar-refractivity contribution < 1.29 is 0 Å². The van der Waals surface area contributed by atoms with Crippen molar-refractivity contribution in [1.29, 1.82) is 5.26 Å². The van der Waals surface area contributed by atoms with Gasteiger partial charge in [-0.25, -0.2) is 4.98 Å². The molecular formula is C22H16ClN3OS. The average molecular weight is 406 g/mol. The van der Waals surface area contributed by atoms with Gasteiger partial charge in [0.15, 0.2) is 0 Å². The zero-order valence-corrected chi connectivity index (χ0v) is 16.5. The van der Waals surface area contributed by atoms with E-state index in [1.54, 1.807) is 10.6 Å². The second-order valence-electron chi connectivity index (χ2n) is 6.33. The zero-order valence-electron chi connectivity index (χ0n) is 14.9. The van der Waals surface area contributed by atoms with E-state index in [0.717, 1.165) is 16.7 Å². The van der Waals surface area contributed by atoms with Crippen LogP contribution in [0.5, 0.6) is 0 Å². The monoisotopic (exact) mass is 405 g/mol. The van der Waals surface area contributed by atoms with E-state index in [-0.39, 0.29) is 5.56 Å². The Hall–Kier alpha value is -2.94. The van der Waals surface area contributed by atoms with Crippen LogP contribution in [-0.4, -0.2) is 9.55 Å². The molecular weight excluding hydrogens is 390 g/mol. The van der Waals surface area contributed by atoms with Crippen LogP contribution in [0, 0.1) is 11.3 Å². The van der Waals surface area contributed by atoms with Crippen LogP contribution in [0.3, 0.4) is 0 Å². The number of unbranched alkanes of at least 4 members (excludes halogenated alkanes) is 1. The Morgan fingerprint density at radius 2 is 1.82 bits per heavy atom. The molecule has 0 N–H and O–H groups in total. The molecule has 0 spiro atoms. The van der Waals surface area contributed by atoms with E-state index >= 15 is 0 Å². The zero-order chi connectivity index (χ0) is 19.5. The maximum atomic E-state index is 13.5. The first-order valence-corrected chi connectivity index (χ1v) is 10.2. The molecule has 28 heavy (non-hydrogen) atoms. The van der Waals surface area contributed by atoms with Gasteiger partial charge in [0.2, 0.25) is 0 Å². The third-order valence-electron chi connectivity index (χ3n) is 4.56. The van der Waals surface area contributed by atoms with Crippen molar-refractivity contribution in [2.45, 2.75) is 19.4 Å². The molecule has 0 saturated heterocycles. The van der Waals surface area contributed by atoms with E-state index in [4.69, 9.17) is 21.8 Å². The second-order valence-corrected chi connectivity index (χ2v) is 7.59. The summed E-state index contributed by atoms with van der Waals surface area (Å²) in [7, 11) is 0. The predicted molar refractivity (Wildman–Crippen MR) is 115 cm³/mol. The van der Waals surface area contributed by atoms with Crippen molar-refractivity contribution in [3.63, 3.8) is 0 Å². The number of benzene rings is 2. The molecule has 0 fully saturated rings. The van der Waals surface area contributed by atoms with Crippen molar-refractivity contribution in [3.8, 4) is 28.6 Å². The van der Waals surface area contributed by atoms with Gasteiger partial charge in [-0.3, -0.25) is 9.36 Å². The molecule has 4 nitrogen and oxygen atoms in total. The molecule has 2 heterocycles. The minimum atomic E-state index is -0.0991. The number of halogens is 1. The number of thiophene rings is 1. The van der Waals surface area contributed by atoms with Crippen LogP contribution in [0.25, 0.3) is 32.7 Å². The summed E-state index contributed by atoms with van der Waals surface area (Å²) in [5, 5.41) is 12.0. The van der Waals surface area contributed by atoms with Gasteiger partial charge >= 0.3 is 0 Å². The molecule has 2 aromatic heterocycles. The lowest BCUT2D eigenvalue weighted by Crippen LogP contribution is -2.23. The van der Waals surface area contributed by atoms with Crippen LogP contribution in [0.1, 0.15) is 12.8 Å². The smallest absolute Gasteiger partial charge is 0.263 e. The van der Waals surface area contributed by atoms with Crippen molar-refractivity contribution >= 4 is 33.2 Å². The Morgan fingerprint density at radius 3 is 2.57 bits per heavy atom. The van der Waals surface area contributed by atoms with E-state index < -0.39 is 0 Å². The summed E-state index contributed by atoms with van der Waals surface area (Å²) < 4.78 is 1.65. The number of aromatic nitrogens is 2. The Labute approximate surface area is 171 Å². The van der Waals surface area contributed by atoms with Crippen molar-refractivity contribution in [2.75, 3.05) is 0 Å². The maximum Gasteiger partial charge on any atom is 0.263 e. The Morgan fingerprint density at radius 1 is 1.07 bits per heavy atom. The van der Waals surface area contributed by atoms with Crippen LogP contribution in [0.4, 0.5) is 0 Å². The minimum absolute atomic E-state index is 0.0991. The predicted octanol–water partition coefficient (Wildman–Crippen LogP) is 5.75. The molecule has 2 aromatic carbocycles. The van der Waals surface area contributed by atoms with Gasteiger partial charge in [0.25, 0.3) is 5.56 Å². The quantitative estimate of drug-likeness (QED) is 0.397. The van der Waals surface area contributed by atoms with Crippen LogP contribution in [-0.2, 0) is 6.54 Å². The third kappa shape index (κ3) is 3.33. The highest BCUT2D eigenvalue weighted by Gasteiger charge is 2.19. The Bertz CT molecular complexity index is 1240. The van der Waals surface area contributed by atoms with E-state index in [1.165, 1.54) is 11.3 Å². The molecule has 138 valence electrons. The first-order valence-electron chi connectivity index (χ1n) is 8.90. The Kier molecular flexibility index (Phi) is 5.25. The first kappa shape index (κ1) is 18.4. The molecule has 0 amide bonds. The standard InChI is InChI=1S/C22H16ClN3OS/c23-18-11-5-4-10-16(18)20-25-21-19(22(27)26(20)13-7-6-12-24)17(14-28-21)15-8-2-1-3-9-15/h1-5,8-11,14H,6-7,13H2. The molecule has 0 radical (unpaired) electrons.